The minimum atomic E-state index is -0.117. The van der Waals surface area contributed by atoms with Crippen LogP contribution < -0.4 is 30.2 Å². The molecule has 0 bridgehead atoms. The van der Waals surface area contributed by atoms with Gasteiger partial charge in [0.15, 0.2) is 17.5 Å². The van der Waals surface area contributed by atoms with E-state index < -0.39 is 0 Å². The molecule has 29 heavy (non-hydrogen) atoms. The molecule has 0 aliphatic carbocycles. The van der Waals surface area contributed by atoms with Gasteiger partial charge in [-0.2, -0.15) is 0 Å². The molecular weight excluding hydrogens is 372 g/mol. The van der Waals surface area contributed by atoms with Crippen LogP contribution >= 0.6 is 0 Å². The topological polar surface area (TPSA) is 93.2 Å². The highest BCUT2D eigenvalue weighted by atomic mass is 16.5. The molecule has 2 aromatic carbocycles. The van der Waals surface area contributed by atoms with E-state index in [0.29, 0.717) is 43.8 Å². The largest absolute Gasteiger partial charge is 0.492 e. The molecular formula is C21H26N4O4. The van der Waals surface area contributed by atoms with Crippen LogP contribution in [0, 0.1) is 0 Å². The van der Waals surface area contributed by atoms with E-state index in [2.05, 4.69) is 20.9 Å². The van der Waals surface area contributed by atoms with Crippen molar-refractivity contribution >= 4 is 23.2 Å². The van der Waals surface area contributed by atoms with Crippen LogP contribution in [0.25, 0.3) is 0 Å². The summed E-state index contributed by atoms with van der Waals surface area (Å²) >= 11 is 0. The molecule has 3 N–H and O–H groups in total. The molecule has 0 spiro atoms. The minimum Gasteiger partial charge on any atom is -0.492 e. The van der Waals surface area contributed by atoms with Crippen LogP contribution in [0.1, 0.15) is 13.3 Å². The van der Waals surface area contributed by atoms with Gasteiger partial charge in [0.1, 0.15) is 12.4 Å². The van der Waals surface area contributed by atoms with E-state index in [4.69, 9.17) is 14.2 Å². The van der Waals surface area contributed by atoms with E-state index >= 15 is 0 Å². The van der Waals surface area contributed by atoms with E-state index in [-0.39, 0.29) is 5.91 Å². The number of amides is 1. The number of fused-ring (bicyclic) bond motifs is 1. The van der Waals surface area contributed by atoms with Gasteiger partial charge in [-0.15, -0.1) is 0 Å². The fourth-order valence-electron chi connectivity index (χ4n) is 2.76. The predicted molar refractivity (Wildman–Crippen MR) is 113 cm³/mol. The molecule has 0 unspecified atom stereocenters. The van der Waals surface area contributed by atoms with Gasteiger partial charge >= 0.3 is 0 Å². The first-order chi connectivity index (χ1) is 14.1. The van der Waals surface area contributed by atoms with Crippen LogP contribution in [0.2, 0.25) is 0 Å². The van der Waals surface area contributed by atoms with Gasteiger partial charge < -0.3 is 30.2 Å². The van der Waals surface area contributed by atoms with Gasteiger partial charge in [-0.05, 0) is 24.3 Å². The standard InChI is InChI=1S/C21H26N4O4/c1-15(26)24-16-5-3-6-18(13-16)27-12-9-23-21(22-2)25-17-7-8-19-20(14-17)29-11-4-10-28-19/h3,5-8,13-14H,4,9-12H2,1-2H3,(H,24,26)(H2,22,23,25). The van der Waals surface area contributed by atoms with Crippen LogP contribution in [0.3, 0.4) is 0 Å². The average Bonchev–Trinajstić information content (AvgIpc) is 2.95. The van der Waals surface area contributed by atoms with Crippen molar-refractivity contribution in [3.05, 3.63) is 42.5 Å². The zero-order valence-corrected chi connectivity index (χ0v) is 16.7. The Hall–Kier alpha value is -3.42. The van der Waals surface area contributed by atoms with E-state index in [1.165, 1.54) is 6.92 Å². The highest BCUT2D eigenvalue weighted by molar-refractivity contribution is 5.93. The highest BCUT2D eigenvalue weighted by Gasteiger charge is 2.11. The summed E-state index contributed by atoms with van der Waals surface area (Å²) < 4.78 is 17.1. The number of carbonyl (C=O) groups is 1. The van der Waals surface area contributed by atoms with Crippen molar-refractivity contribution in [3.63, 3.8) is 0 Å². The molecule has 154 valence electrons. The molecule has 0 atom stereocenters. The van der Waals surface area contributed by atoms with Gasteiger partial charge in [0.2, 0.25) is 5.91 Å². The summed E-state index contributed by atoms with van der Waals surface area (Å²) in [4.78, 5) is 15.4. The first-order valence-corrected chi connectivity index (χ1v) is 9.52. The molecule has 0 fully saturated rings. The summed E-state index contributed by atoms with van der Waals surface area (Å²) in [6.45, 7) is 3.76. The third-order valence-electron chi connectivity index (χ3n) is 4.05. The lowest BCUT2D eigenvalue weighted by atomic mass is 10.3. The molecule has 8 heteroatoms. The van der Waals surface area contributed by atoms with Crippen molar-refractivity contribution in [1.29, 1.82) is 0 Å². The third kappa shape index (κ3) is 6.31. The van der Waals surface area contributed by atoms with Gasteiger partial charge in [-0.25, -0.2) is 0 Å². The smallest absolute Gasteiger partial charge is 0.221 e. The van der Waals surface area contributed by atoms with E-state index in [1.54, 1.807) is 13.1 Å². The van der Waals surface area contributed by atoms with Crippen LogP contribution in [-0.4, -0.2) is 45.3 Å². The quantitative estimate of drug-likeness (QED) is 0.394. The number of nitrogens with zero attached hydrogens (tertiary/aromatic N) is 1. The molecule has 0 saturated heterocycles. The number of guanidine groups is 1. The Balaban J connectivity index is 1.47. The molecule has 0 aromatic heterocycles. The number of nitrogens with one attached hydrogen (secondary N) is 3. The number of hydrogen-bond acceptors (Lipinski definition) is 5. The lowest BCUT2D eigenvalue weighted by Crippen LogP contribution is -2.33. The molecule has 0 radical (unpaired) electrons. The van der Waals surface area contributed by atoms with E-state index in [9.17, 15) is 4.79 Å². The van der Waals surface area contributed by atoms with Crippen LogP contribution in [0.5, 0.6) is 17.2 Å². The van der Waals surface area contributed by atoms with Crippen molar-refractivity contribution in [1.82, 2.24) is 5.32 Å². The fraction of sp³-hybridized carbons (Fsp3) is 0.333. The normalized spacial score (nSPS) is 13.2. The second-order valence-corrected chi connectivity index (χ2v) is 6.39. The Morgan fingerprint density at radius 3 is 2.66 bits per heavy atom. The second-order valence-electron chi connectivity index (χ2n) is 6.39. The summed E-state index contributed by atoms with van der Waals surface area (Å²) in [5.74, 6) is 2.67. The van der Waals surface area contributed by atoms with Crippen molar-refractivity contribution in [2.45, 2.75) is 13.3 Å². The number of aliphatic imine (C=N–C) groups is 1. The summed E-state index contributed by atoms with van der Waals surface area (Å²) in [5.41, 5.74) is 1.56. The monoisotopic (exact) mass is 398 g/mol. The fourth-order valence-corrected chi connectivity index (χ4v) is 2.76. The van der Waals surface area contributed by atoms with Crippen LogP contribution in [0.15, 0.2) is 47.5 Å². The zero-order chi connectivity index (χ0) is 20.5. The maximum absolute atomic E-state index is 11.1. The van der Waals surface area contributed by atoms with Crippen molar-refractivity contribution < 1.29 is 19.0 Å². The molecule has 1 amide bonds. The summed E-state index contributed by atoms with van der Waals surface area (Å²) in [7, 11) is 1.70. The Kier molecular flexibility index (Phi) is 7.16. The van der Waals surface area contributed by atoms with E-state index in [0.717, 1.165) is 23.6 Å². The Morgan fingerprint density at radius 1 is 1.07 bits per heavy atom. The molecule has 1 heterocycles. The Bertz CT molecular complexity index is 870. The molecule has 1 aliphatic heterocycles. The number of rotatable bonds is 6. The first-order valence-electron chi connectivity index (χ1n) is 9.52. The van der Waals surface area contributed by atoms with Gasteiger partial charge in [0.05, 0.1) is 19.8 Å². The van der Waals surface area contributed by atoms with Gasteiger partial charge in [-0.3, -0.25) is 9.79 Å². The highest BCUT2D eigenvalue weighted by Crippen LogP contribution is 2.32. The number of ether oxygens (including phenoxy) is 3. The summed E-state index contributed by atoms with van der Waals surface area (Å²) in [5, 5.41) is 9.16. The molecule has 1 aliphatic rings. The SMILES string of the molecule is CN=C(NCCOc1cccc(NC(C)=O)c1)Nc1ccc2c(c1)OCCCO2. The maximum atomic E-state index is 11.1. The predicted octanol–water partition coefficient (Wildman–Crippen LogP) is 2.87. The third-order valence-corrected chi connectivity index (χ3v) is 4.05. The minimum absolute atomic E-state index is 0.117. The van der Waals surface area contributed by atoms with Gasteiger partial charge in [0.25, 0.3) is 0 Å². The maximum Gasteiger partial charge on any atom is 0.221 e. The first kappa shape index (κ1) is 20.3. The molecule has 0 saturated carbocycles. The number of benzene rings is 2. The van der Waals surface area contributed by atoms with Crippen molar-refractivity contribution in [3.8, 4) is 17.2 Å². The Labute approximate surface area is 170 Å². The number of hydrogen-bond donors (Lipinski definition) is 3. The average molecular weight is 398 g/mol. The number of anilines is 2. The summed E-state index contributed by atoms with van der Waals surface area (Å²) in [6.07, 6.45) is 0.869. The second kappa shape index (κ2) is 10.2. The molecule has 8 nitrogen and oxygen atoms in total. The van der Waals surface area contributed by atoms with Gasteiger partial charge in [0, 0.05) is 43.9 Å². The van der Waals surface area contributed by atoms with Crippen LogP contribution in [0.4, 0.5) is 11.4 Å². The summed E-state index contributed by atoms with van der Waals surface area (Å²) in [6, 6.07) is 13.0. The van der Waals surface area contributed by atoms with Gasteiger partial charge in [-0.1, -0.05) is 6.07 Å². The zero-order valence-electron chi connectivity index (χ0n) is 16.7. The Morgan fingerprint density at radius 2 is 1.86 bits per heavy atom. The number of carbonyl (C=O) groups excluding carboxylic acids is 1. The lowest BCUT2D eigenvalue weighted by molar-refractivity contribution is -0.114. The van der Waals surface area contributed by atoms with Crippen molar-refractivity contribution in [2.75, 3.05) is 44.0 Å². The van der Waals surface area contributed by atoms with Crippen LogP contribution in [-0.2, 0) is 4.79 Å². The van der Waals surface area contributed by atoms with Crippen molar-refractivity contribution in [2.24, 2.45) is 4.99 Å². The molecule has 3 rings (SSSR count). The lowest BCUT2D eigenvalue weighted by Gasteiger charge is -2.14. The molecule has 2 aromatic rings. The van der Waals surface area contributed by atoms with E-state index in [1.807, 2.05) is 36.4 Å².